The van der Waals surface area contributed by atoms with E-state index in [1.54, 1.807) is 0 Å². The standard InChI is InChI=1S/C65H129NO10/c1-3-5-7-9-11-13-15-17-19-21-23-25-27-29-31-33-35-37-39-41-43-45-47-49-51-53-58(69)64(74)66-56(55-75-65-63(73)62(72)61(71)59(54-67)76-65)60(70)57(68)52-50-48-46-44-42-40-38-36-34-32-30-28-26-24-22-20-18-16-14-12-10-8-6-4-2/h56-63,65,67-73H,3-55H2,1-2H3,(H,66,74). The molecule has 1 heterocycles. The first-order valence-corrected chi connectivity index (χ1v) is 33.4. The number of unbranched alkanes of at least 4 members (excludes halogenated alkanes) is 47. The zero-order valence-corrected chi connectivity index (χ0v) is 50.0. The maximum atomic E-state index is 13.2. The molecule has 76 heavy (non-hydrogen) atoms. The Morgan fingerprint density at radius 3 is 0.974 bits per heavy atom. The lowest BCUT2D eigenvalue weighted by Crippen LogP contribution is -2.60. The second-order valence-electron chi connectivity index (χ2n) is 23.9. The summed E-state index contributed by atoms with van der Waals surface area (Å²) in [4.78, 5) is 13.2. The van der Waals surface area contributed by atoms with E-state index in [1.165, 1.54) is 263 Å². The van der Waals surface area contributed by atoms with Gasteiger partial charge < -0.3 is 50.5 Å². The fourth-order valence-corrected chi connectivity index (χ4v) is 11.3. The van der Waals surface area contributed by atoms with Crippen molar-refractivity contribution in [3.05, 3.63) is 0 Å². The molecule has 8 N–H and O–H groups in total. The summed E-state index contributed by atoms with van der Waals surface area (Å²) in [5.41, 5.74) is 0. The number of amides is 1. The molecular formula is C65H129NO10. The van der Waals surface area contributed by atoms with Crippen LogP contribution in [0.1, 0.15) is 341 Å². The summed E-state index contributed by atoms with van der Waals surface area (Å²) in [5, 5.41) is 76.5. The van der Waals surface area contributed by atoms with Gasteiger partial charge in [-0.3, -0.25) is 4.79 Å². The maximum absolute atomic E-state index is 13.2. The number of ether oxygens (including phenoxy) is 2. The highest BCUT2D eigenvalue weighted by atomic mass is 16.7. The van der Waals surface area contributed by atoms with Gasteiger partial charge in [0.05, 0.1) is 25.4 Å². The van der Waals surface area contributed by atoms with E-state index in [4.69, 9.17) is 9.47 Å². The Morgan fingerprint density at radius 1 is 0.408 bits per heavy atom. The highest BCUT2D eigenvalue weighted by molar-refractivity contribution is 5.80. The molecule has 1 amide bonds. The van der Waals surface area contributed by atoms with Gasteiger partial charge in [-0.05, 0) is 12.8 Å². The fraction of sp³-hybridized carbons (Fsp3) is 0.985. The Labute approximate surface area is 469 Å². The van der Waals surface area contributed by atoms with Gasteiger partial charge in [0.1, 0.15) is 36.6 Å². The number of hydrogen-bond donors (Lipinski definition) is 8. The van der Waals surface area contributed by atoms with Crippen LogP contribution in [0.3, 0.4) is 0 Å². The molecule has 0 radical (unpaired) electrons. The molecule has 11 nitrogen and oxygen atoms in total. The summed E-state index contributed by atoms with van der Waals surface area (Å²) in [6.07, 6.45) is 53.1. The van der Waals surface area contributed by atoms with Gasteiger partial charge in [0, 0.05) is 0 Å². The van der Waals surface area contributed by atoms with Gasteiger partial charge in [0.15, 0.2) is 6.29 Å². The summed E-state index contributed by atoms with van der Waals surface area (Å²) in [5.74, 6) is -0.687. The molecular weight excluding hydrogens is 955 g/mol. The van der Waals surface area contributed by atoms with Gasteiger partial charge in [-0.15, -0.1) is 0 Å². The minimum Gasteiger partial charge on any atom is -0.394 e. The molecule has 1 saturated heterocycles. The van der Waals surface area contributed by atoms with Crippen molar-refractivity contribution < 1.29 is 50.0 Å². The average molecular weight is 1080 g/mol. The summed E-state index contributed by atoms with van der Waals surface area (Å²) >= 11 is 0. The van der Waals surface area contributed by atoms with Gasteiger partial charge in [-0.25, -0.2) is 0 Å². The molecule has 0 aromatic rings. The largest absolute Gasteiger partial charge is 0.394 e. The summed E-state index contributed by atoms with van der Waals surface area (Å²) in [6.45, 7) is 3.52. The first-order valence-electron chi connectivity index (χ1n) is 33.4. The molecule has 9 unspecified atom stereocenters. The number of rotatable bonds is 59. The lowest BCUT2D eigenvalue weighted by atomic mass is 9.98. The minimum atomic E-state index is -1.66. The Hall–Kier alpha value is -0.890. The van der Waals surface area contributed by atoms with Gasteiger partial charge in [-0.2, -0.15) is 0 Å². The van der Waals surface area contributed by atoms with E-state index in [0.717, 1.165) is 38.5 Å². The van der Waals surface area contributed by atoms with Crippen LogP contribution in [-0.4, -0.2) is 110 Å². The van der Waals surface area contributed by atoms with Crippen molar-refractivity contribution >= 4 is 5.91 Å². The molecule has 1 aliphatic rings. The van der Waals surface area contributed by atoms with Gasteiger partial charge in [0.2, 0.25) is 5.91 Å². The quantitative estimate of drug-likeness (QED) is 0.0272. The molecule has 9 atom stereocenters. The molecule has 0 spiro atoms. The van der Waals surface area contributed by atoms with Crippen LogP contribution in [0, 0.1) is 0 Å². The van der Waals surface area contributed by atoms with Crippen LogP contribution in [0.5, 0.6) is 0 Å². The van der Waals surface area contributed by atoms with Crippen LogP contribution in [0.15, 0.2) is 0 Å². The van der Waals surface area contributed by atoms with Crippen molar-refractivity contribution in [2.24, 2.45) is 0 Å². The minimum absolute atomic E-state index is 0.267. The molecule has 0 aromatic heterocycles. The normalized spacial score (nSPS) is 19.5. The van der Waals surface area contributed by atoms with E-state index in [1.807, 2.05) is 0 Å². The van der Waals surface area contributed by atoms with E-state index in [0.29, 0.717) is 19.3 Å². The Kier molecular flexibility index (Phi) is 52.6. The SMILES string of the molecule is CCCCCCCCCCCCCCCCCCCCCCCCCCCC(O)C(=O)NC(COC1OC(CO)C(O)C(O)C1O)C(O)C(O)CCCCCCCCCCCCCCCCCCCCCCCCCC. The smallest absolute Gasteiger partial charge is 0.249 e. The van der Waals surface area contributed by atoms with E-state index in [2.05, 4.69) is 19.2 Å². The zero-order chi connectivity index (χ0) is 55.4. The third-order valence-corrected chi connectivity index (χ3v) is 16.7. The lowest BCUT2D eigenvalue weighted by molar-refractivity contribution is -0.303. The van der Waals surface area contributed by atoms with E-state index < -0.39 is 74.2 Å². The molecule has 0 saturated carbocycles. The molecule has 0 bridgehead atoms. The van der Waals surface area contributed by atoms with E-state index in [9.17, 15) is 40.5 Å². The second-order valence-corrected chi connectivity index (χ2v) is 23.9. The van der Waals surface area contributed by atoms with Crippen LogP contribution >= 0.6 is 0 Å². The number of carbonyl (C=O) groups is 1. The van der Waals surface area contributed by atoms with Crippen molar-refractivity contribution in [1.29, 1.82) is 0 Å². The highest BCUT2D eigenvalue weighted by Crippen LogP contribution is 2.24. The predicted octanol–water partition coefficient (Wildman–Crippen LogP) is 15.3. The van der Waals surface area contributed by atoms with Crippen LogP contribution in [0.4, 0.5) is 0 Å². The third kappa shape index (κ3) is 42.0. The molecule has 1 rings (SSSR count). The van der Waals surface area contributed by atoms with Crippen LogP contribution in [-0.2, 0) is 14.3 Å². The van der Waals surface area contributed by atoms with Crippen molar-refractivity contribution in [2.45, 2.75) is 396 Å². The Bertz CT molecular complexity index is 1200. The van der Waals surface area contributed by atoms with E-state index in [-0.39, 0.29) is 6.42 Å². The van der Waals surface area contributed by atoms with Crippen LogP contribution < -0.4 is 5.32 Å². The molecule has 1 fully saturated rings. The van der Waals surface area contributed by atoms with E-state index >= 15 is 0 Å². The Morgan fingerprint density at radius 2 is 0.684 bits per heavy atom. The van der Waals surface area contributed by atoms with Crippen LogP contribution in [0.2, 0.25) is 0 Å². The summed E-state index contributed by atoms with van der Waals surface area (Å²) < 4.78 is 11.2. The van der Waals surface area contributed by atoms with Crippen molar-refractivity contribution in [1.82, 2.24) is 5.32 Å². The lowest BCUT2D eigenvalue weighted by Gasteiger charge is -2.40. The predicted molar refractivity (Wildman–Crippen MR) is 316 cm³/mol. The average Bonchev–Trinajstić information content (AvgIpc) is 3.42. The van der Waals surface area contributed by atoms with Gasteiger partial charge in [0.25, 0.3) is 0 Å². The fourth-order valence-electron chi connectivity index (χ4n) is 11.3. The highest BCUT2D eigenvalue weighted by Gasteiger charge is 2.44. The van der Waals surface area contributed by atoms with Crippen molar-refractivity contribution in [2.75, 3.05) is 13.2 Å². The van der Waals surface area contributed by atoms with Crippen molar-refractivity contribution in [3.63, 3.8) is 0 Å². The zero-order valence-electron chi connectivity index (χ0n) is 50.0. The van der Waals surface area contributed by atoms with Gasteiger partial charge >= 0.3 is 0 Å². The third-order valence-electron chi connectivity index (χ3n) is 16.7. The number of nitrogens with one attached hydrogen (secondary N) is 1. The topological polar surface area (TPSA) is 189 Å². The first-order chi connectivity index (χ1) is 37.2. The van der Waals surface area contributed by atoms with Crippen LogP contribution in [0.25, 0.3) is 0 Å². The summed E-state index contributed by atoms with van der Waals surface area (Å²) in [7, 11) is 0. The number of aliphatic hydroxyl groups excluding tert-OH is 7. The summed E-state index contributed by atoms with van der Waals surface area (Å²) in [6, 6.07) is -1.16. The molecule has 1 aliphatic heterocycles. The number of hydrogen-bond acceptors (Lipinski definition) is 10. The molecule has 11 heteroatoms. The Balaban J connectivity index is 2.22. The molecule has 0 aliphatic carbocycles. The monoisotopic (exact) mass is 1080 g/mol. The second kappa shape index (κ2) is 54.7. The number of aliphatic hydroxyl groups is 7. The first kappa shape index (κ1) is 73.1. The molecule has 0 aromatic carbocycles. The maximum Gasteiger partial charge on any atom is 0.249 e. The van der Waals surface area contributed by atoms with Crippen molar-refractivity contribution in [3.8, 4) is 0 Å². The van der Waals surface area contributed by atoms with Gasteiger partial charge in [-0.1, -0.05) is 328 Å². The molecule has 454 valence electrons. The number of carbonyl (C=O) groups excluding carboxylic acids is 1.